The van der Waals surface area contributed by atoms with Crippen LogP contribution in [0, 0.1) is 12.7 Å². The number of aromatic nitrogens is 2. The Morgan fingerprint density at radius 2 is 1.50 bits per heavy atom. The van der Waals surface area contributed by atoms with Crippen LogP contribution in [0.25, 0.3) is 0 Å². The number of nitrogens with zero attached hydrogens (tertiary/aromatic N) is 2. The molecule has 0 aliphatic rings. The summed E-state index contributed by atoms with van der Waals surface area (Å²) in [5.74, 6) is -0.316. The van der Waals surface area contributed by atoms with Crippen LogP contribution in [-0.4, -0.2) is 15.9 Å². The Balaban J connectivity index is 1.66. The SMILES string of the molecule is Cc1ccc(Nc2ncc(C(=O)Nc3ccc(F)cc3)cn2)cc1. The topological polar surface area (TPSA) is 66.9 Å². The number of aryl methyl sites for hydroxylation is 1. The van der Waals surface area contributed by atoms with E-state index in [1.807, 2.05) is 31.2 Å². The lowest BCUT2D eigenvalue weighted by Gasteiger charge is -2.07. The highest BCUT2D eigenvalue weighted by molar-refractivity contribution is 6.03. The van der Waals surface area contributed by atoms with E-state index in [0.29, 0.717) is 17.2 Å². The highest BCUT2D eigenvalue weighted by Gasteiger charge is 2.08. The molecule has 0 spiro atoms. The van der Waals surface area contributed by atoms with Gasteiger partial charge >= 0.3 is 0 Å². The molecule has 3 aromatic rings. The van der Waals surface area contributed by atoms with Crippen molar-refractivity contribution < 1.29 is 9.18 Å². The number of hydrogen-bond donors (Lipinski definition) is 2. The Kier molecular flexibility index (Phi) is 4.47. The molecule has 0 bridgehead atoms. The van der Waals surface area contributed by atoms with Gasteiger partial charge in [-0.15, -0.1) is 0 Å². The molecule has 2 aromatic carbocycles. The number of carbonyl (C=O) groups is 1. The zero-order valence-electron chi connectivity index (χ0n) is 13.0. The summed E-state index contributed by atoms with van der Waals surface area (Å²) in [6.07, 6.45) is 2.87. The quantitative estimate of drug-likeness (QED) is 0.764. The minimum absolute atomic E-state index is 0.314. The number of benzene rings is 2. The molecule has 0 saturated carbocycles. The number of rotatable bonds is 4. The van der Waals surface area contributed by atoms with Gasteiger partial charge in [0.15, 0.2) is 0 Å². The van der Waals surface area contributed by atoms with E-state index in [1.165, 1.54) is 36.7 Å². The van der Waals surface area contributed by atoms with Gasteiger partial charge in [-0.2, -0.15) is 0 Å². The number of nitrogens with one attached hydrogen (secondary N) is 2. The van der Waals surface area contributed by atoms with Crippen molar-refractivity contribution in [3.8, 4) is 0 Å². The molecule has 5 nitrogen and oxygen atoms in total. The van der Waals surface area contributed by atoms with Gasteiger partial charge in [0.2, 0.25) is 5.95 Å². The molecular formula is C18H15FN4O. The van der Waals surface area contributed by atoms with Crippen molar-refractivity contribution in [1.82, 2.24) is 9.97 Å². The molecule has 0 atom stereocenters. The minimum atomic E-state index is -0.358. The smallest absolute Gasteiger partial charge is 0.258 e. The number of amides is 1. The van der Waals surface area contributed by atoms with Gasteiger partial charge < -0.3 is 10.6 Å². The van der Waals surface area contributed by atoms with Gasteiger partial charge in [0.1, 0.15) is 5.82 Å². The second-order valence-corrected chi connectivity index (χ2v) is 5.25. The van der Waals surface area contributed by atoms with E-state index in [2.05, 4.69) is 20.6 Å². The summed E-state index contributed by atoms with van der Waals surface area (Å²) in [6.45, 7) is 2.01. The van der Waals surface area contributed by atoms with Crippen LogP contribution < -0.4 is 10.6 Å². The van der Waals surface area contributed by atoms with Crippen molar-refractivity contribution in [3.63, 3.8) is 0 Å². The van der Waals surface area contributed by atoms with Crippen molar-refractivity contribution in [1.29, 1.82) is 0 Å². The third-order valence-electron chi connectivity index (χ3n) is 3.32. The molecular weight excluding hydrogens is 307 g/mol. The molecule has 1 aromatic heterocycles. The maximum absolute atomic E-state index is 12.9. The second kappa shape index (κ2) is 6.87. The number of hydrogen-bond acceptors (Lipinski definition) is 4. The van der Waals surface area contributed by atoms with E-state index in [4.69, 9.17) is 0 Å². The second-order valence-electron chi connectivity index (χ2n) is 5.25. The molecule has 3 rings (SSSR count). The van der Waals surface area contributed by atoms with Crippen LogP contribution in [-0.2, 0) is 0 Å². The zero-order valence-corrected chi connectivity index (χ0v) is 13.0. The lowest BCUT2D eigenvalue weighted by molar-refractivity contribution is 0.102. The lowest BCUT2D eigenvalue weighted by atomic mass is 10.2. The molecule has 0 fully saturated rings. The van der Waals surface area contributed by atoms with Crippen LogP contribution in [0.1, 0.15) is 15.9 Å². The highest BCUT2D eigenvalue weighted by atomic mass is 19.1. The lowest BCUT2D eigenvalue weighted by Crippen LogP contribution is -2.13. The van der Waals surface area contributed by atoms with Crippen LogP contribution >= 0.6 is 0 Å². The van der Waals surface area contributed by atoms with Gasteiger partial charge in [-0.05, 0) is 43.3 Å². The summed E-state index contributed by atoms with van der Waals surface area (Å²) in [4.78, 5) is 20.4. The monoisotopic (exact) mass is 322 g/mol. The van der Waals surface area contributed by atoms with E-state index in [1.54, 1.807) is 0 Å². The maximum atomic E-state index is 12.9. The molecule has 0 radical (unpaired) electrons. The molecule has 0 aliphatic heterocycles. The standard InChI is InChI=1S/C18H15FN4O/c1-12-2-6-16(7-3-12)23-18-20-10-13(11-21-18)17(24)22-15-8-4-14(19)5-9-15/h2-11H,1H3,(H,22,24)(H,20,21,23). The van der Waals surface area contributed by atoms with E-state index < -0.39 is 0 Å². The predicted molar refractivity (Wildman–Crippen MR) is 90.8 cm³/mol. The molecule has 0 saturated heterocycles. The van der Waals surface area contributed by atoms with Crippen molar-refractivity contribution in [2.75, 3.05) is 10.6 Å². The van der Waals surface area contributed by atoms with Gasteiger partial charge in [-0.25, -0.2) is 14.4 Å². The van der Waals surface area contributed by atoms with Crippen molar-refractivity contribution in [2.24, 2.45) is 0 Å². The van der Waals surface area contributed by atoms with E-state index in [9.17, 15) is 9.18 Å². The Hall–Kier alpha value is -3.28. The first-order valence-corrected chi connectivity index (χ1v) is 7.33. The fourth-order valence-electron chi connectivity index (χ4n) is 2.01. The van der Waals surface area contributed by atoms with Crippen LogP contribution in [0.15, 0.2) is 60.9 Å². The molecule has 1 heterocycles. The fraction of sp³-hybridized carbons (Fsp3) is 0.0556. The van der Waals surface area contributed by atoms with Crippen molar-refractivity contribution >= 4 is 23.2 Å². The first-order chi connectivity index (χ1) is 11.6. The summed E-state index contributed by atoms with van der Waals surface area (Å²) in [5.41, 5.74) is 2.84. The van der Waals surface area contributed by atoms with Gasteiger partial charge in [0.25, 0.3) is 5.91 Å². The van der Waals surface area contributed by atoms with Gasteiger partial charge in [0, 0.05) is 23.8 Å². The van der Waals surface area contributed by atoms with Gasteiger partial charge in [-0.1, -0.05) is 17.7 Å². The molecule has 0 aliphatic carbocycles. The van der Waals surface area contributed by atoms with Crippen molar-refractivity contribution in [3.05, 3.63) is 77.9 Å². The number of carbonyl (C=O) groups excluding carboxylic acids is 1. The number of halogens is 1. The first-order valence-electron chi connectivity index (χ1n) is 7.33. The van der Waals surface area contributed by atoms with E-state index >= 15 is 0 Å². The zero-order chi connectivity index (χ0) is 16.9. The summed E-state index contributed by atoms with van der Waals surface area (Å²) < 4.78 is 12.9. The first kappa shape index (κ1) is 15.6. The summed E-state index contributed by atoms with van der Waals surface area (Å²) >= 11 is 0. The van der Waals surface area contributed by atoms with Gasteiger partial charge in [-0.3, -0.25) is 4.79 Å². The Morgan fingerprint density at radius 1 is 0.917 bits per heavy atom. The molecule has 120 valence electrons. The summed E-state index contributed by atoms with van der Waals surface area (Å²) in [7, 11) is 0. The van der Waals surface area contributed by atoms with E-state index in [-0.39, 0.29) is 11.7 Å². The molecule has 2 N–H and O–H groups in total. The minimum Gasteiger partial charge on any atom is -0.324 e. The van der Waals surface area contributed by atoms with Crippen LogP contribution in [0.2, 0.25) is 0 Å². The van der Waals surface area contributed by atoms with Crippen LogP contribution in [0.3, 0.4) is 0 Å². The van der Waals surface area contributed by atoms with E-state index in [0.717, 1.165) is 11.3 Å². The fourth-order valence-corrected chi connectivity index (χ4v) is 2.01. The molecule has 24 heavy (non-hydrogen) atoms. The van der Waals surface area contributed by atoms with Crippen LogP contribution in [0.4, 0.5) is 21.7 Å². The molecule has 0 unspecified atom stereocenters. The average Bonchev–Trinajstić information content (AvgIpc) is 2.59. The molecule has 6 heteroatoms. The summed E-state index contributed by atoms with van der Waals surface area (Å²) in [6, 6.07) is 13.3. The predicted octanol–water partition coefficient (Wildman–Crippen LogP) is 3.92. The Morgan fingerprint density at radius 3 is 2.12 bits per heavy atom. The third-order valence-corrected chi connectivity index (χ3v) is 3.32. The molecule has 1 amide bonds. The normalized spacial score (nSPS) is 10.2. The Bertz CT molecular complexity index is 830. The third kappa shape index (κ3) is 3.92. The summed E-state index contributed by atoms with van der Waals surface area (Å²) in [5, 5.41) is 5.71. The average molecular weight is 322 g/mol. The largest absolute Gasteiger partial charge is 0.324 e. The highest BCUT2D eigenvalue weighted by Crippen LogP contribution is 2.14. The maximum Gasteiger partial charge on any atom is 0.258 e. The Labute approximate surface area is 138 Å². The van der Waals surface area contributed by atoms with Crippen LogP contribution in [0.5, 0.6) is 0 Å². The van der Waals surface area contributed by atoms with Crippen molar-refractivity contribution in [2.45, 2.75) is 6.92 Å². The number of anilines is 3. The van der Waals surface area contributed by atoms with Gasteiger partial charge in [0.05, 0.1) is 5.56 Å².